The third-order valence-corrected chi connectivity index (χ3v) is 5.79. The van der Waals surface area contributed by atoms with Crippen molar-refractivity contribution in [2.45, 2.75) is 17.3 Å². The van der Waals surface area contributed by atoms with Crippen LogP contribution in [0.15, 0.2) is 24.3 Å². The zero-order chi connectivity index (χ0) is 11.0. The van der Waals surface area contributed by atoms with Gasteiger partial charge in [0.25, 0.3) is 0 Å². The topological polar surface area (TPSA) is 0 Å². The minimum atomic E-state index is -0.937. The van der Waals surface area contributed by atoms with Crippen LogP contribution in [0.3, 0.4) is 0 Å². The molecule has 0 N–H and O–H groups in total. The molecule has 0 nitrogen and oxygen atoms in total. The van der Waals surface area contributed by atoms with Gasteiger partial charge in [-0.3, -0.25) is 0 Å². The average molecular weight is 433 g/mol. The third-order valence-electron chi connectivity index (χ3n) is 2.12. The fourth-order valence-electron chi connectivity index (χ4n) is 1.44. The molecule has 0 atom stereocenters. The van der Waals surface area contributed by atoms with Crippen molar-refractivity contribution >= 4 is 54.8 Å². The molecule has 0 aliphatic heterocycles. The van der Waals surface area contributed by atoms with Gasteiger partial charge in [0.2, 0.25) is 0 Å². The van der Waals surface area contributed by atoms with Crippen LogP contribution < -0.4 is 5.30 Å². The lowest BCUT2D eigenvalue weighted by atomic mass is 10.0. The van der Waals surface area contributed by atoms with E-state index in [1.165, 1.54) is 5.56 Å². The molecule has 14 heavy (non-hydrogen) atoms. The molecule has 0 aliphatic rings. The van der Waals surface area contributed by atoms with Gasteiger partial charge in [0.05, 0.1) is 13.3 Å². The monoisotopic (exact) mass is 433 g/mol. The van der Waals surface area contributed by atoms with E-state index in [2.05, 4.69) is 96.1 Å². The highest BCUT2D eigenvalue weighted by molar-refractivity contribution is 14.2. The quantitative estimate of drug-likeness (QED) is 0.363. The van der Waals surface area contributed by atoms with Gasteiger partial charge in [0.1, 0.15) is 10.2 Å². The number of alkyl halides is 1. The summed E-state index contributed by atoms with van der Waals surface area (Å²) < 4.78 is 0.233. The molecule has 78 valence electrons. The Labute approximate surface area is 114 Å². The van der Waals surface area contributed by atoms with Crippen LogP contribution in [0, 0.1) is 0 Å². The second-order valence-corrected chi connectivity index (χ2v) is 17.4. The highest BCUT2D eigenvalue weighted by atomic mass is 127. The number of hydrogen-bond acceptors (Lipinski definition) is 0. The average Bonchev–Trinajstić information content (AvgIpc) is 2.01. The minimum absolute atomic E-state index is 0.233. The molecule has 0 radical (unpaired) electrons. The van der Waals surface area contributed by atoms with Gasteiger partial charge in [0.15, 0.2) is 22.0 Å². The lowest BCUT2D eigenvalue weighted by molar-refractivity contribution is 0.833. The number of hydrogen-bond donors (Lipinski definition) is 0. The van der Waals surface area contributed by atoms with Crippen LogP contribution in [0.1, 0.15) is 19.4 Å². The van der Waals surface area contributed by atoms with Gasteiger partial charge >= 0.3 is 0 Å². The molecule has 0 saturated carbocycles. The Hall–Kier alpha value is 1.11. The fourth-order valence-corrected chi connectivity index (χ4v) is 4.75. The molecule has 0 spiro atoms. The van der Waals surface area contributed by atoms with E-state index >= 15 is 0 Å². The first kappa shape index (κ1) is 13.2. The first-order valence-corrected chi connectivity index (χ1v) is 11.1. The molecule has 0 aliphatic carbocycles. The first-order valence-electron chi connectivity index (χ1n) is 4.55. The lowest BCUT2D eigenvalue weighted by Gasteiger charge is -2.22. The fraction of sp³-hybridized carbons (Fsp3) is 0.455. The van der Waals surface area contributed by atoms with Crippen molar-refractivity contribution in [3.8, 4) is 0 Å². The summed E-state index contributed by atoms with van der Waals surface area (Å²) in [5.74, 6) is 0. The summed E-state index contributed by atoms with van der Waals surface area (Å²) in [5, 5.41) is 1.56. The van der Waals surface area contributed by atoms with Gasteiger partial charge in [-0.25, -0.2) is 0 Å². The molecule has 0 saturated heterocycles. The summed E-state index contributed by atoms with van der Waals surface area (Å²) in [6.07, 6.45) is 0. The highest BCUT2D eigenvalue weighted by Gasteiger charge is 2.32. The van der Waals surface area contributed by atoms with Gasteiger partial charge in [-0.2, -0.15) is 0 Å². The number of rotatable bonds is 2. The van der Waals surface area contributed by atoms with Gasteiger partial charge in [-0.1, -0.05) is 40.8 Å². The van der Waals surface area contributed by atoms with Crippen molar-refractivity contribution in [2.24, 2.45) is 0 Å². The Kier molecular flexibility index (Phi) is 4.27. The molecule has 0 heterocycles. The Bertz CT molecular complexity index is 288. The van der Waals surface area contributed by atoms with Crippen molar-refractivity contribution in [3.05, 3.63) is 29.8 Å². The minimum Gasteiger partial charge on any atom is -0.0741 e. The van der Waals surface area contributed by atoms with Crippen molar-refractivity contribution in [2.75, 3.05) is 13.3 Å². The van der Waals surface area contributed by atoms with Gasteiger partial charge < -0.3 is 0 Å². The van der Waals surface area contributed by atoms with Crippen LogP contribution in [0.2, 0.25) is 0 Å². The van der Waals surface area contributed by atoms with E-state index in [0.717, 1.165) is 0 Å². The van der Waals surface area contributed by atoms with Crippen LogP contribution in [-0.2, 0) is 3.42 Å². The highest BCUT2D eigenvalue weighted by Crippen LogP contribution is 2.60. The predicted octanol–water partition coefficient (Wildman–Crippen LogP) is 4.61. The van der Waals surface area contributed by atoms with E-state index in [4.69, 9.17) is 0 Å². The molecule has 3 heteroatoms. The number of halogens is 2. The molecule has 1 rings (SSSR count). The standard InChI is InChI=1S/C11H16I2P/c1-11(2,12)9-7-5-6-8-10(9)14(3,4)13/h5-8H,1-4H3/q+1. The summed E-state index contributed by atoms with van der Waals surface area (Å²) in [5.41, 5.74) is 1.49. The molecule has 0 fully saturated rings. The molecule has 1 aromatic carbocycles. The molecular formula is C11H16I2P+. The summed E-state index contributed by atoms with van der Waals surface area (Å²) in [7, 11) is 0. The summed E-state index contributed by atoms with van der Waals surface area (Å²) in [6.45, 7) is 9.29. The molecule has 0 bridgehead atoms. The summed E-state index contributed by atoms with van der Waals surface area (Å²) in [4.78, 5) is -0.937. The van der Waals surface area contributed by atoms with E-state index < -0.39 is 4.90 Å². The SMILES string of the molecule is CC(C)(I)c1ccccc1[P+](C)(C)I. The van der Waals surface area contributed by atoms with E-state index in [-0.39, 0.29) is 3.42 Å². The second-order valence-electron chi connectivity index (χ2n) is 4.31. The normalized spacial score (nSPS) is 13.0. The molecule has 1 aromatic rings. The smallest absolute Gasteiger partial charge is 0.0741 e. The van der Waals surface area contributed by atoms with Gasteiger partial charge in [0, 0.05) is 8.99 Å². The van der Waals surface area contributed by atoms with Crippen molar-refractivity contribution < 1.29 is 0 Å². The van der Waals surface area contributed by atoms with E-state index in [1.54, 1.807) is 5.30 Å². The maximum Gasteiger partial charge on any atom is 0.160 e. The maximum atomic E-state index is 2.62. The zero-order valence-corrected chi connectivity index (χ0v) is 14.2. The third kappa shape index (κ3) is 3.31. The van der Waals surface area contributed by atoms with E-state index in [9.17, 15) is 0 Å². The van der Waals surface area contributed by atoms with Gasteiger partial charge in [-0.05, 0) is 19.9 Å². The van der Waals surface area contributed by atoms with Gasteiger partial charge in [-0.15, -0.1) is 0 Å². The van der Waals surface area contributed by atoms with Crippen molar-refractivity contribution in [1.82, 2.24) is 0 Å². The van der Waals surface area contributed by atoms with Crippen molar-refractivity contribution in [1.29, 1.82) is 0 Å². The Morgan fingerprint density at radius 1 is 1.14 bits per heavy atom. The van der Waals surface area contributed by atoms with Crippen molar-refractivity contribution in [3.63, 3.8) is 0 Å². The Morgan fingerprint density at radius 2 is 1.64 bits per heavy atom. The Morgan fingerprint density at radius 3 is 2.00 bits per heavy atom. The van der Waals surface area contributed by atoms with Crippen LogP contribution in [0.4, 0.5) is 0 Å². The lowest BCUT2D eigenvalue weighted by Crippen LogP contribution is -2.20. The second kappa shape index (κ2) is 4.54. The Balaban J connectivity index is 3.31. The van der Waals surface area contributed by atoms with Crippen LogP contribution in [0.5, 0.6) is 0 Å². The predicted molar refractivity (Wildman–Crippen MR) is 85.9 cm³/mol. The first-order chi connectivity index (χ1) is 6.23. The molecule has 0 amide bonds. The summed E-state index contributed by atoms with van der Waals surface area (Å²) in [6, 6.07) is 8.85. The van der Waals surface area contributed by atoms with Crippen LogP contribution in [-0.4, -0.2) is 13.3 Å². The van der Waals surface area contributed by atoms with E-state index in [1.807, 2.05) is 0 Å². The maximum absolute atomic E-state index is 2.62. The van der Waals surface area contributed by atoms with Crippen LogP contribution >= 0.6 is 49.5 Å². The van der Waals surface area contributed by atoms with Crippen LogP contribution in [0.25, 0.3) is 0 Å². The van der Waals surface area contributed by atoms with E-state index in [0.29, 0.717) is 0 Å². The molecular weight excluding hydrogens is 417 g/mol. The molecule has 0 aromatic heterocycles. The largest absolute Gasteiger partial charge is 0.160 e. The molecule has 0 unspecified atom stereocenters. The number of benzene rings is 1. The zero-order valence-electron chi connectivity index (χ0n) is 9.01. The summed E-state index contributed by atoms with van der Waals surface area (Å²) >= 11 is 5.14.